The van der Waals surface area contributed by atoms with Crippen LogP contribution in [0.25, 0.3) is 42.4 Å². The molecular formula is C39H31NSSi2. The SMILES string of the molecule is C[SiH]1c2ccccc2-c2cccc(N(c3ccccc3)c3ccc4c(c3)[Si](C)(C)c3ccc5c(sc6ccccc65)c3-4)c21. The molecule has 6 aromatic carbocycles. The molecule has 0 N–H and O–H groups in total. The van der Waals surface area contributed by atoms with Crippen molar-refractivity contribution in [2.45, 2.75) is 19.6 Å². The fourth-order valence-electron chi connectivity index (χ4n) is 7.85. The van der Waals surface area contributed by atoms with Crippen LogP contribution in [0, 0.1) is 0 Å². The van der Waals surface area contributed by atoms with Crippen LogP contribution in [0.1, 0.15) is 0 Å². The maximum absolute atomic E-state index is 2.54. The van der Waals surface area contributed by atoms with Gasteiger partial charge in [0.25, 0.3) is 0 Å². The molecule has 7 aromatic rings. The highest BCUT2D eigenvalue weighted by atomic mass is 32.1. The van der Waals surface area contributed by atoms with Crippen molar-refractivity contribution in [3.63, 3.8) is 0 Å². The summed E-state index contributed by atoms with van der Waals surface area (Å²) in [4.78, 5) is 2.54. The Morgan fingerprint density at radius 2 is 1.37 bits per heavy atom. The van der Waals surface area contributed by atoms with Crippen molar-refractivity contribution in [3.8, 4) is 22.3 Å². The molecule has 9 rings (SSSR count). The summed E-state index contributed by atoms with van der Waals surface area (Å²) in [5.74, 6) is 0. The molecule has 0 fully saturated rings. The van der Waals surface area contributed by atoms with Crippen LogP contribution in [0.3, 0.4) is 0 Å². The van der Waals surface area contributed by atoms with E-state index in [-0.39, 0.29) is 0 Å². The predicted molar refractivity (Wildman–Crippen MR) is 194 cm³/mol. The first-order valence-corrected chi connectivity index (χ1v) is 21.3. The fourth-order valence-corrected chi connectivity index (χ4v) is 15.1. The average Bonchev–Trinajstić information content (AvgIpc) is 3.64. The van der Waals surface area contributed by atoms with Gasteiger partial charge in [0.2, 0.25) is 0 Å². The van der Waals surface area contributed by atoms with E-state index in [0.717, 1.165) is 0 Å². The van der Waals surface area contributed by atoms with Crippen LogP contribution in [-0.4, -0.2) is 16.9 Å². The molecule has 4 heteroatoms. The van der Waals surface area contributed by atoms with Crippen molar-refractivity contribution in [2.24, 2.45) is 0 Å². The molecule has 0 saturated carbocycles. The summed E-state index contributed by atoms with van der Waals surface area (Å²) in [7, 11) is -3.28. The van der Waals surface area contributed by atoms with Gasteiger partial charge in [-0.1, -0.05) is 116 Å². The molecule has 0 spiro atoms. The van der Waals surface area contributed by atoms with Crippen molar-refractivity contribution in [3.05, 3.63) is 127 Å². The van der Waals surface area contributed by atoms with E-state index in [4.69, 9.17) is 0 Å². The molecule has 1 aromatic heterocycles. The van der Waals surface area contributed by atoms with E-state index in [1.54, 1.807) is 20.7 Å². The zero-order valence-electron chi connectivity index (χ0n) is 24.6. The molecule has 1 unspecified atom stereocenters. The van der Waals surface area contributed by atoms with E-state index >= 15 is 0 Å². The van der Waals surface area contributed by atoms with Gasteiger partial charge >= 0.3 is 0 Å². The summed E-state index contributed by atoms with van der Waals surface area (Å²) >= 11 is 1.96. The number of benzene rings is 6. The van der Waals surface area contributed by atoms with Crippen LogP contribution >= 0.6 is 11.3 Å². The van der Waals surface area contributed by atoms with Gasteiger partial charge in [-0.25, -0.2) is 0 Å². The molecule has 2 aliphatic rings. The Labute approximate surface area is 259 Å². The number of hydrogen-bond acceptors (Lipinski definition) is 2. The molecule has 0 aliphatic carbocycles. The smallest absolute Gasteiger partial charge is 0.114 e. The third-order valence-corrected chi connectivity index (χ3v) is 17.6. The molecule has 0 radical (unpaired) electrons. The molecule has 0 amide bonds. The topological polar surface area (TPSA) is 3.24 Å². The molecular weight excluding hydrogens is 571 g/mol. The minimum atomic E-state index is -1.92. The Bertz CT molecular complexity index is 2250. The summed E-state index contributed by atoms with van der Waals surface area (Å²) in [5.41, 5.74) is 9.59. The molecule has 2 aliphatic heterocycles. The highest BCUT2D eigenvalue weighted by Gasteiger charge is 2.40. The zero-order chi connectivity index (χ0) is 28.9. The first-order chi connectivity index (χ1) is 21.0. The Balaban J connectivity index is 1.27. The number of hydrogen-bond donors (Lipinski definition) is 0. The predicted octanol–water partition coefficient (Wildman–Crippen LogP) is 8.28. The number of fused-ring (bicyclic) bond motifs is 10. The van der Waals surface area contributed by atoms with E-state index in [1.165, 1.54) is 59.5 Å². The highest BCUT2D eigenvalue weighted by Crippen LogP contribution is 2.44. The zero-order valence-corrected chi connectivity index (χ0v) is 27.5. The third-order valence-electron chi connectivity index (χ3n) is 9.91. The molecule has 206 valence electrons. The molecule has 0 saturated heterocycles. The second-order valence-corrected chi connectivity index (χ2v) is 20.6. The van der Waals surface area contributed by atoms with Crippen LogP contribution in [0.2, 0.25) is 19.6 Å². The van der Waals surface area contributed by atoms with Gasteiger partial charge in [-0.05, 0) is 74.2 Å². The Hall–Kier alpha value is -4.23. The normalized spacial score (nSPS) is 15.7. The summed E-state index contributed by atoms with van der Waals surface area (Å²) in [6.45, 7) is 7.58. The van der Waals surface area contributed by atoms with Gasteiger partial charge in [0.1, 0.15) is 16.9 Å². The van der Waals surface area contributed by atoms with Gasteiger partial charge in [0.05, 0.1) is 0 Å². The number of rotatable bonds is 3. The quantitative estimate of drug-likeness (QED) is 0.184. The fraction of sp³-hybridized carbons (Fsp3) is 0.0769. The van der Waals surface area contributed by atoms with E-state index in [9.17, 15) is 0 Å². The standard InChI is InChI=1S/C39H31NSSi2/c1-42-34-19-10-8-15-28(34)30-16-11-17-32(39(30)42)40(25-12-5-4-6-13-25)26-20-21-31-36(24-26)43(2,3)35-23-22-29-27-14-7-9-18-33(27)41-38(29)37(31)35/h4-24,42H,1-3H3. The van der Waals surface area contributed by atoms with Gasteiger partial charge in [0, 0.05) is 37.2 Å². The minimum Gasteiger partial charge on any atom is -0.311 e. The van der Waals surface area contributed by atoms with Crippen LogP contribution in [0.5, 0.6) is 0 Å². The Morgan fingerprint density at radius 3 is 2.26 bits per heavy atom. The summed E-state index contributed by atoms with van der Waals surface area (Å²) in [6, 6.07) is 48.1. The number of thiophene rings is 1. The van der Waals surface area contributed by atoms with Crippen LogP contribution < -0.4 is 25.6 Å². The van der Waals surface area contributed by atoms with Crippen molar-refractivity contribution in [1.29, 1.82) is 0 Å². The lowest BCUT2D eigenvalue weighted by Crippen LogP contribution is -2.49. The molecule has 1 nitrogen and oxygen atoms in total. The maximum atomic E-state index is 2.54. The number of para-hydroxylation sites is 1. The minimum absolute atomic E-state index is 1.22. The van der Waals surface area contributed by atoms with Crippen molar-refractivity contribution < 1.29 is 0 Å². The number of anilines is 3. The Morgan fingerprint density at radius 1 is 0.605 bits per heavy atom. The van der Waals surface area contributed by atoms with Crippen molar-refractivity contribution in [2.75, 3.05) is 4.90 Å². The summed E-state index contributed by atoms with van der Waals surface area (Å²) in [5, 5.41) is 9.00. The second-order valence-electron chi connectivity index (χ2n) is 12.5. The van der Waals surface area contributed by atoms with Crippen molar-refractivity contribution >= 4 is 86.2 Å². The first-order valence-electron chi connectivity index (χ1n) is 15.2. The lowest BCUT2D eigenvalue weighted by Gasteiger charge is -2.30. The Kier molecular flexibility index (Phi) is 5.37. The molecule has 43 heavy (non-hydrogen) atoms. The lowest BCUT2D eigenvalue weighted by molar-refractivity contribution is 1.30. The largest absolute Gasteiger partial charge is 0.311 e. The first kappa shape index (κ1) is 25.3. The monoisotopic (exact) mass is 601 g/mol. The van der Waals surface area contributed by atoms with Crippen molar-refractivity contribution in [1.82, 2.24) is 0 Å². The van der Waals surface area contributed by atoms with Crippen LogP contribution in [-0.2, 0) is 0 Å². The van der Waals surface area contributed by atoms with E-state index in [2.05, 4.69) is 152 Å². The summed E-state index contributed by atoms with van der Waals surface area (Å²) < 4.78 is 2.83. The number of nitrogens with zero attached hydrogens (tertiary/aromatic N) is 1. The van der Waals surface area contributed by atoms with Crippen LogP contribution in [0.15, 0.2) is 127 Å². The molecule has 3 heterocycles. The lowest BCUT2D eigenvalue weighted by atomic mass is 10.0. The molecule has 0 bridgehead atoms. The average molecular weight is 602 g/mol. The van der Waals surface area contributed by atoms with E-state index in [0.29, 0.717) is 0 Å². The van der Waals surface area contributed by atoms with Gasteiger partial charge in [-0.3, -0.25) is 0 Å². The summed E-state index contributed by atoms with van der Waals surface area (Å²) in [6.07, 6.45) is 0. The maximum Gasteiger partial charge on any atom is 0.114 e. The van der Waals surface area contributed by atoms with E-state index < -0.39 is 16.9 Å². The van der Waals surface area contributed by atoms with Gasteiger partial charge in [-0.2, -0.15) is 0 Å². The van der Waals surface area contributed by atoms with Gasteiger partial charge in [-0.15, -0.1) is 11.3 Å². The third kappa shape index (κ3) is 3.49. The molecule has 1 atom stereocenters. The van der Waals surface area contributed by atoms with Gasteiger partial charge < -0.3 is 4.90 Å². The highest BCUT2D eigenvalue weighted by molar-refractivity contribution is 7.26. The van der Waals surface area contributed by atoms with E-state index in [1.807, 2.05) is 11.3 Å². The van der Waals surface area contributed by atoms with Gasteiger partial charge in [0.15, 0.2) is 0 Å². The van der Waals surface area contributed by atoms with Crippen LogP contribution in [0.4, 0.5) is 17.1 Å². The second kappa shape index (κ2) is 9.14.